The first-order valence-corrected chi connectivity index (χ1v) is 19.9. The first-order chi connectivity index (χ1) is 25.4. The number of hydrogen-bond acceptors (Lipinski definition) is 12. The van der Waals surface area contributed by atoms with Gasteiger partial charge in [-0.25, -0.2) is 4.79 Å². The lowest BCUT2D eigenvalue weighted by Crippen LogP contribution is -2.59. The Labute approximate surface area is 322 Å². The van der Waals surface area contributed by atoms with E-state index in [0.29, 0.717) is 23.5 Å². The second kappa shape index (κ2) is 24.7. The molecule has 1 rings (SSSR count). The first-order valence-electron chi connectivity index (χ1n) is 17.1. The van der Waals surface area contributed by atoms with Crippen molar-refractivity contribution in [3.63, 3.8) is 0 Å². The number of carbonyl (C=O) groups is 8. The predicted molar refractivity (Wildman–Crippen MR) is 203 cm³/mol. The van der Waals surface area contributed by atoms with Gasteiger partial charge in [-0.3, -0.25) is 33.6 Å². The molecule has 0 unspecified atom stereocenters. The summed E-state index contributed by atoms with van der Waals surface area (Å²) in [5.74, 6) is -7.20. The summed E-state index contributed by atoms with van der Waals surface area (Å²) in [7, 11) is 0. The molecule has 0 aliphatic rings. The van der Waals surface area contributed by atoms with E-state index in [9.17, 15) is 53.7 Å². The molecule has 0 spiro atoms. The van der Waals surface area contributed by atoms with E-state index in [1.54, 1.807) is 32.2 Å². The number of amides is 6. The van der Waals surface area contributed by atoms with Gasteiger partial charge in [-0.15, -0.1) is 0 Å². The Hall–Kier alpha value is -4.56. The van der Waals surface area contributed by atoms with Gasteiger partial charge in [0.2, 0.25) is 35.4 Å². The minimum atomic E-state index is -1.68. The molecule has 0 heterocycles. The number of aliphatic carboxylic acids is 2. The minimum absolute atomic E-state index is 0.00234. The standard InChI is InChI=1S/C34H53N7O11S2/c1-18(2)15-24(40-33(50)25(16-19-5-7-20(42)8-6-19)39-29(46)21(35)11-13-53-3)32(49)37-22(9-10-28(44)45)30(47)38-23(12-14-54-4)31(48)41-26(34(51)52)17-27(36)43/h5-8,18,21-26,42H,9-17,35H2,1-4H3,(H2,36,43)(H,37,49)(H,38,47)(H,39,46)(H,40,50)(H,41,48)(H,44,45)(H,51,52)/t21-,22-,23-,24-,25-,26-/m0/s1. The van der Waals surface area contributed by atoms with Gasteiger partial charge in [-0.1, -0.05) is 26.0 Å². The lowest BCUT2D eigenvalue weighted by molar-refractivity contribution is -0.143. The van der Waals surface area contributed by atoms with Crippen LogP contribution >= 0.6 is 23.5 Å². The molecular weight excluding hydrogens is 747 g/mol. The largest absolute Gasteiger partial charge is 0.508 e. The van der Waals surface area contributed by atoms with Crippen LogP contribution in [0.5, 0.6) is 5.75 Å². The highest BCUT2D eigenvalue weighted by Crippen LogP contribution is 2.14. The summed E-state index contributed by atoms with van der Waals surface area (Å²) in [5, 5.41) is 40.9. The summed E-state index contributed by atoms with van der Waals surface area (Å²) >= 11 is 2.81. The number of carboxylic acids is 2. The number of nitrogens with two attached hydrogens (primary N) is 2. The van der Waals surface area contributed by atoms with Gasteiger partial charge < -0.3 is 53.4 Å². The molecule has 6 atom stereocenters. The molecule has 0 aliphatic carbocycles. The number of primary amides is 1. The van der Waals surface area contributed by atoms with Crippen LogP contribution in [0.4, 0.5) is 0 Å². The minimum Gasteiger partial charge on any atom is -0.508 e. The van der Waals surface area contributed by atoms with Gasteiger partial charge in [0.15, 0.2) is 0 Å². The number of rotatable bonds is 26. The molecule has 0 fully saturated rings. The normalized spacial score (nSPS) is 14.3. The van der Waals surface area contributed by atoms with Crippen LogP contribution in [0.15, 0.2) is 24.3 Å². The molecule has 54 heavy (non-hydrogen) atoms. The molecule has 18 nitrogen and oxygen atoms in total. The molecule has 0 saturated heterocycles. The second-order valence-corrected chi connectivity index (χ2v) is 14.9. The smallest absolute Gasteiger partial charge is 0.326 e. The van der Waals surface area contributed by atoms with E-state index in [4.69, 9.17) is 11.5 Å². The maximum atomic E-state index is 13.8. The van der Waals surface area contributed by atoms with E-state index < -0.39 is 103 Å². The molecule has 12 N–H and O–H groups in total. The van der Waals surface area contributed by atoms with Crippen LogP contribution in [-0.2, 0) is 44.8 Å². The van der Waals surface area contributed by atoms with E-state index in [0.717, 1.165) is 0 Å². The van der Waals surface area contributed by atoms with Crippen LogP contribution in [0, 0.1) is 5.92 Å². The topological polar surface area (TPSA) is 309 Å². The molecule has 0 bridgehead atoms. The van der Waals surface area contributed by atoms with E-state index in [2.05, 4.69) is 26.6 Å². The summed E-state index contributed by atoms with van der Waals surface area (Å²) in [4.78, 5) is 102. The van der Waals surface area contributed by atoms with Crippen LogP contribution in [0.1, 0.15) is 57.9 Å². The fraction of sp³-hybridized carbons (Fsp3) is 0.588. The van der Waals surface area contributed by atoms with E-state index >= 15 is 0 Å². The van der Waals surface area contributed by atoms with E-state index in [-0.39, 0.29) is 30.9 Å². The number of carboxylic acid groups (broad SMARTS) is 2. The van der Waals surface area contributed by atoms with Gasteiger partial charge in [0.1, 0.15) is 36.0 Å². The van der Waals surface area contributed by atoms with Crippen molar-refractivity contribution >= 4 is 70.9 Å². The first kappa shape index (κ1) is 47.5. The average Bonchev–Trinajstić information content (AvgIpc) is 3.09. The highest BCUT2D eigenvalue weighted by atomic mass is 32.2. The lowest BCUT2D eigenvalue weighted by atomic mass is 10.00. The SMILES string of the molecule is CSCC[C@H](NC(=O)[C@H](CCC(=O)O)NC(=O)[C@H](CC(C)C)NC(=O)[C@H](Cc1ccc(O)cc1)NC(=O)[C@@H](N)CCSC)C(=O)N[C@@H](CC(N)=O)C(=O)O. The number of hydrogen-bond donors (Lipinski definition) is 10. The molecule has 20 heteroatoms. The summed E-state index contributed by atoms with van der Waals surface area (Å²) in [5.41, 5.74) is 11.7. The zero-order valence-electron chi connectivity index (χ0n) is 30.8. The zero-order chi connectivity index (χ0) is 41.0. The third kappa shape index (κ3) is 18.5. The van der Waals surface area contributed by atoms with Crippen molar-refractivity contribution in [2.45, 2.75) is 95.0 Å². The average molecular weight is 800 g/mol. The second-order valence-electron chi connectivity index (χ2n) is 12.9. The van der Waals surface area contributed by atoms with Crippen molar-refractivity contribution in [1.82, 2.24) is 26.6 Å². The molecule has 0 aliphatic heterocycles. The van der Waals surface area contributed by atoms with Gasteiger partial charge in [0, 0.05) is 12.8 Å². The van der Waals surface area contributed by atoms with Crippen LogP contribution in [0.25, 0.3) is 0 Å². The molecule has 1 aromatic rings. The van der Waals surface area contributed by atoms with Gasteiger partial charge in [0.05, 0.1) is 12.5 Å². The summed E-state index contributed by atoms with van der Waals surface area (Å²) in [6.45, 7) is 3.55. The summed E-state index contributed by atoms with van der Waals surface area (Å²) < 4.78 is 0. The van der Waals surface area contributed by atoms with Crippen molar-refractivity contribution in [2.24, 2.45) is 17.4 Å². The highest BCUT2D eigenvalue weighted by Gasteiger charge is 2.33. The maximum Gasteiger partial charge on any atom is 0.326 e. The van der Waals surface area contributed by atoms with Crippen molar-refractivity contribution in [3.05, 3.63) is 29.8 Å². The molecule has 0 saturated carbocycles. The zero-order valence-corrected chi connectivity index (χ0v) is 32.4. The Morgan fingerprint density at radius 1 is 0.667 bits per heavy atom. The third-order valence-corrected chi connectivity index (χ3v) is 9.15. The van der Waals surface area contributed by atoms with Crippen LogP contribution in [0.2, 0.25) is 0 Å². The monoisotopic (exact) mass is 799 g/mol. The van der Waals surface area contributed by atoms with Crippen molar-refractivity contribution < 1.29 is 53.7 Å². The molecule has 0 radical (unpaired) electrons. The lowest BCUT2D eigenvalue weighted by Gasteiger charge is -2.28. The van der Waals surface area contributed by atoms with Crippen molar-refractivity contribution in [3.8, 4) is 5.75 Å². The number of aromatic hydroxyl groups is 1. The van der Waals surface area contributed by atoms with Gasteiger partial charge in [-0.2, -0.15) is 23.5 Å². The number of phenols is 1. The molecule has 1 aromatic carbocycles. The molecule has 6 amide bonds. The Bertz CT molecular complexity index is 1450. The van der Waals surface area contributed by atoms with Crippen LogP contribution in [0.3, 0.4) is 0 Å². The number of phenolic OH excluding ortho intramolecular Hbond substituents is 1. The molecule has 302 valence electrons. The summed E-state index contributed by atoms with van der Waals surface area (Å²) in [6.07, 6.45) is 2.25. The van der Waals surface area contributed by atoms with Crippen molar-refractivity contribution in [2.75, 3.05) is 24.0 Å². The van der Waals surface area contributed by atoms with Gasteiger partial charge in [-0.05, 0) is 73.3 Å². The predicted octanol–water partition coefficient (Wildman–Crippen LogP) is -0.937. The van der Waals surface area contributed by atoms with E-state index in [1.165, 1.54) is 35.7 Å². The third-order valence-electron chi connectivity index (χ3n) is 7.86. The quantitative estimate of drug-likeness (QED) is 0.0541. The number of thioether (sulfide) groups is 2. The van der Waals surface area contributed by atoms with Gasteiger partial charge in [0.25, 0.3) is 0 Å². The Kier molecular flexibility index (Phi) is 21.7. The Morgan fingerprint density at radius 3 is 1.63 bits per heavy atom. The van der Waals surface area contributed by atoms with Crippen molar-refractivity contribution in [1.29, 1.82) is 0 Å². The fourth-order valence-corrected chi connectivity index (χ4v) is 5.93. The Morgan fingerprint density at radius 2 is 1.13 bits per heavy atom. The van der Waals surface area contributed by atoms with Crippen LogP contribution in [-0.4, -0.2) is 123 Å². The summed E-state index contributed by atoms with van der Waals surface area (Å²) in [6, 6.07) is -2.01. The maximum absolute atomic E-state index is 13.8. The molecular formula is C34H53N7O11S2. The number of carbonyl (C=O) groups excluding carboxylic acids is 6. The highest BCUT2D eigenvalue weighted by molar-refractivity contribution is 7.98. The molecule has 0 aromatic heterocycles. The number of benzene rings is 1. The Balaban J connectivity index is 3.35. The fourth-order valence-electron chi connectivity index (χ4n) is 4.97. The van der Waals surface area contributed by atoms with E-state index in [1.807, 2.05) is 6.26 Å². The van der Waals surface area contributed by atoms with Crippen LogP contribution < -0.4 is 38.1 Å². The number of nitrogens with one attached hydrogen (secondary N) is 5. The van der Waals surface area contributed by atoms with Gasteiger partial charge >= 0.3 is 11.9 Å².